The van der Waals surface area contributed by atoms with Crippen molar-refractivity contribution in [3.8, 4) is 0 Å². The summed E-state index contributed by atoms with van der Waals surface area (Å²) < 4.78 is 0. The van der Waals surface area contributed by atoms with Crippen molar-refractivity contribution in [1.29, 1.82) is 0 Å². The Morgan fingerprint density at radius 1 is 1.21 bits per heavy atom. The van der Waals surface area contributed by atoms with Crippen LogP contribution in [0.3, 0.4) is 0 Å². The van der Waals surface area contributed by atoms with Crippen molar-refractivity contribution in [2.24, 2.45) is 10.8 Å². The van der Waals surface area contributed by atoms with Crippen LogP contribution >= 0.6 is 0 Å². The fourth-order valence-electron chi connectivity index (χ4n) is 1.43. The Hall–Kier alpha value is -2.89. The number of nitrogens with one attached hydrogen (secondary N) is 1. The summed E-state index contributed by atoms with van der Waals surface area (Å²) in [4.78, 5) is 15.7. The van der Waals surface area contributed by atoms with E-state index in [1.807, 2.05) is 0 Å². The van der Waals surface area contributed by atoms with Crippen LogP contribution < -0.4 is 16.9 Å². The van der Waals surface area contributed by atoms with Gasteiger partial charge in [-0.2, -0.15) is 5.10 Å². The van der Waals surface area contributed by atoms with Gasteiger partial charge in [-0.1, -0.05) is 6.07 Å². The summed E-state index contributed by atoms with van der Waals surface area (Å²) in [5.74, 6) is -0.190. The first-order valence-corrected chi connectivity index (χ1v) is 5.56. The summed E-state index contributed by atoms with van der Waals surface area (Å²) in [5.41, 5.74) is 15.2. The summed E-state index contributed by atoms with van der Waals surface area (Å²) in [6, 6.07) is 10.1. The first-order chi connectivity index (χ1) is 9.16. The van der Waals surface area contributed by atoms with Gasteiger partial charge in [0.05, 0.1) is 0 Å². The van der Waals surface area contributed by atoms with Crippen molar-refractivity contribution in [3.05, 3.63) is 59.9 Å². The zero-order chi connectivity index (χ0) is 13.7. The molecule has 0 fully saturated rings. The number of nitrogens with two attached hydrogens (primary N) is 2. The number of hydrogen-bond acceptors (Lipinski definition) is 4. The summed E-state index contributed by atoms with van der Waals surface area (Å²) in [7, 11) is 0. The van der Waals surface area contributed by atoms with Gasteiger partial charge in [-0.15, -0.1) is 0 Å². The van der Waals surface area contributed by atoms with Gasteiger partial charge >= 0.3 is 0 Å². The SMILES string of the molecule is N/C(=N\NC(=O)c1cccc(N)c1)c1cccnc1. The van der Waals surface area contributed by atoms with E-state index in [1.54, 1.807) is 48.8 Å². The first-order valence-electron chi connectivity index (χ1n) is 5.56. The van der Waals surface area contributed by atoms with E-state index in [9.17, 15) is 4.79 Å². The molecule has 0 spiro atoms. The maximum absolute atomic E-state index is 11.8. The lowest BCUT2D eigenvalue weighted by molar-refractivity contribution is 0.0955. The van der Waals surface area contributed by atoms with E-state index >= 15 is 0 Å². The van der Waals surface area contributed by atoms with Crippen LogP contribution in [0, 0.1) is 0 Å². The number of benzene rings is 1. The minimum Gasteiger partial charge on any atom is -0.399 e. The average molecular weight is 255 g/mol. The van der Waals surface area contributed by atoms with Gasteiger partial charge in [-0.3, -0.25) is 9.78 Å². The molecule has 5 N–H and O–H groups in total. The molecule has 2 aromatic rings. The molecule has 0 aliphatic carbocycles. The van der Waals surface area contributed by atoms with Gasteiger partial charge in [0.1, 0.15) is 0 Å². The third-order valence-electron chi connectivity index (χ3n) is 2.38. The van der Waals surface area contributed by atoms with E-state index in [0.29, 0.717) is 16.8 Å². The minimum atomic E-state index is -0.376. The summed E-state index contributed by atoms with van der Waals surface area (Å²) >= 11 is 0. The summed E-state index contributed by atoms with van der Waals surface area (Å²) in [5, 5.41) is 3.81. The Kier molecular flexibility index (Phi) is 3.72. The van der Waals surface area contributed by atoms with Crippen molar-refractivity contribution in [3.63, 3.8) is 0 Å². The van der Waals surface area contributed by atoms with Gasteiger partial charge in [-0.05, 0) is 30.3 Å². The number of aromatic nitrogens is 1. The van der Waals surface area contributed by atoms with E-state index in [0.717, 1.165) is 0 Å². The number of carbonyl (C=O) groups is 1. The lowest BCUT2D eigenvalue weighted by Crippen LogP contribution is -2.24. The molecule has 0 aliphatic rings. The molecule has 0 unspecified atom stereocenters. The fourth-order valence-corrected chi connectivity index (χ4v) is 1.43. The predicted molar refractivity (Wildman–Crippen MR) is 73.3 cm³/mol. The Labute approximate surface area is 110 Å². The maximum atomic E-state index is 11.8. The molecule has 1 heterocycles. The first kappa shape index (κ1) is 12.6. The normalized spacial score (nSPS) is 11.1. The van der Waals surface area contributed by atoms with Crippen molar-refractivity contribution in [2.45, 2.75) is 0 Å². The number of amidine groups is 1. The molecule has 1 aromatic carbocycles. The Bertz CT molecular complexity index is 609. The zero-order valence-corrected chi connectivity index (χ0v) is 10.1. The number of nitrogens with zero attached hydrogens (tertiary/aromatic N) is 2. The molecule has 0 bridgehead atoms. The van der Waals surface area contributed by atoms with E-state index in [2.05, 4.69) is 15.5 Å². The monoisotopic (exact) mass is 255 g/mol. The highest BCUT2D eigenvalue weighted by Gasteiger charge is 2.05. The maximum Gasteiger partial charge on any atom is 0.271 e. The number of nitrogen functional groups attached to an aromatic ring is 1. The third kappa shape index (κ3) is 3.29. The number of hydrogen-bond donors (Lipinski definition) is 3. The van der Waals surface area contributed by atoms with Crippen molar-refractivity contribution < 1.29 is 4.79 Å². The third-order valence-corrected chi connectivity index (χ3v) is 2.38. The van der Waals surface area contributed by atoms with Crippen LogP contribution in [0.2, 0.25) is 0 Å². The quantitative estimate of drug-likeness (QED) is 0.325. The molecule has 0 atom stereocenters. The van der Waals surface area contributed by atoms with Gasteiger partial charge in [0.15, 0.2) is 5.84 Å². The molecule has 1 amide bonds. The van der Waals surface area contributed by atoms with Gasteiger partial charge in [0.25, 0.3) is 5.91 Å². The number of pyridine rings is 1. The molecule has 19 heavy (non-hydrogen) atoms. The molecular weight excluding hydrogens is 242 g/mol. The van der Waals surface area contributed by atoms with Crippen LogP contribution in [0.1, 0.15) is 15.9 Å². The van der Waals surface area contributed by atoms with Crippen molar-refractivity contribution in [1.82, 2.24) is 10.4 Å². The number of hydrazone groups is 1. The van der Waals surface area contributed by atoms with E-state index < -0.39 is 0 Å². The van der Waals surface area contributed by atoms with Crippen LogP contribution in [0.4, 0.5) is 5.69 Å². The lowest BCUT2D eigenvalue weighted by atomic mass is 10.2. The molecular formula is C13H13N5O. The highest BCUT2D eigenvalue weighted by molar-refractivity contribution is 6.00. The molecule has 0 saturated heterocycles. The van der Waals surface area contributed by atoms with Crippen LogP contribution in [0.15, 0.2) is 53.9 Å². The standard InChI is InChI=1S/C13H13N5O/c14-11-5-1-3-9(7-11)13(19)18-17-12(15)10-4-2-6-16-8-10/h1-8H,14H2,(H2,15,17)(H,18,19). The van der Waals surface area contributed by atoms with E-state index in [-0.39, 0.29) is 11.7 Å². The van der Waals surface area contributed by atoms with Gasteiger partial charge in [0, 0.05) is 29.2 Å². The highest BCUT2D eigenvalue weighted by Crippen LogP contribution is 2.06. The Balaban J connectivity index is 2.08. The van der Waals surface area contributed by atoms with Crippen LogP contribution in [-0.4, -0.2) is 16.7 Å². The second-order valence-corrected chi connectivity index (χ2v) is 3.81. The number of amides is 1. The van der Waals surface area contributed by atoms with Crippen LogP contribution in [0.5, 0.6) is 0 Å². The van der Waals surface area contributed by atoms with E-state index in [1.165, 1.54) is 0 Å². The Morgan fingerprint density at radius 3 is 2.68 bits per heavy atom. The molecule has 96 valence electrons. The fraction of sp³-hybridized carbons (Fsp3) is 0. The Morgan fingerprint density at radius 2 is 2.00 bits per heavy atom. The molecule has 0 radical (unpaired) electrons. The molecule has 2 rings (SSSR count). The van der Waals surface area contributed by atoms with Gasteiger partial charge in [-0.25, -0.2) is 5.43 Å². The minimum absolute atomic E-state index is 0.186. The zero-order valence-electron chi connectivity index (χ0n) is 10.1. The summed E-state index contributed by atoms with van der Waals surface area (Å²) in [6.45, 7) is 0. The van der Waals surface area contributed by atoms with E-state index in [4.69, 9.17) is 11.5 Å². The molecule has 6 heteroatoms. The lowest BCUT2D eigenvalue weighted by Gasteiger charge is -2.03. The average Bonchev–Trinajstić information content (AvgIpc) is 2.45. The van der Waals surface area contributed by atoms with Crippen molar-refractivity contribution >= 4 is 17.4 Å². The number of carbonyl (C=O) groups excluding carboxylic acids is 1. The second-order valence-electron chi connectivity index (χ2n) is 3.81. The topological polar surface area (TPSA) is 106 Å². The molecule has 0 aliphatic heterocycles. The van der Waals surface area contributed by atoms with Gasteiger partial charge in [0.2, 0.25) is 0 Å². The predicted octanol–water partition coefficient (Wildman–Crippen LogP) is 0.714. The second kappa shape index (κ2) is 5.63. The smallest absolute Gasteiger partial charge is 0.271 e. The number of anilines is 1. The molecule has 0 saturated carbocycles. The van der Waals surface area contributed by atoms with Crippen LogP contribution in [-0.2, 0) is 0 Å². The van der Waals surface area contributed by atoms with Crippen molar-refractivity contribution in [2.75, 3.05) is 5.73 Å². The highest BCUT2D eigenvalue weighted by atomic mass is 16.2. The largest absolute Gasteiger partial charge is 0.399 e. The molecule has 1 aromatic heterocycles. The number of rotatable bonds is 3. The summed E-state index contributed by atoms with van der Waals surface area (Å²) in [6.07, 6.45) is 3.19. The molecule has 6 nitrogen and oxygen atoms in total. The van der Waals surface area contributed by atoms with Gasteiger partial charge < -0.3 is 11.5 Å². The van der Waals surface area contributed by atoms with Crippen LogP contribution in [0.25, 0.3) is 0 Å².